The van der Waals surface area contributed by atoms with Gasteiger partial charge in [0.15, 0.2) is 12.2 Å². The highest BCUT2D eigenvalue weighted by molar-refractivity contribution is 5.87. The molecule has 0 aromatic carbocycles. The second kappa shape index (κ2) is 25.1. The van der Waals surface area contributed by atoms with Gasteiger partial charge in [-0.2, -0.15) is 0 Å². The van der Waals surface area contributed by atoms with Crippen molar-refractivity contribution in [2.75, 3.05) is 41.0 Å². The predicted molar refractivity (Wildman–Crippen MR) is 139 cm³/mol. The number of esters is 3. The third-order valence-electron chi connectivity index (χ3n) is 3.54. The highest BCUT2D eigenvalue weighted by Gasteiger charge is 2.29. The fourth-order valence-corrected chi connectivity index (χ4v) is 1.32. The molecule has 0 aliphatic carbocycles. The summed E-state index contributed by atoms with van der Waals surface area (Å²) in [6, 6.07) is 0. The number of nitrogens with zero attached hydrogens (tertiary/aromatic N) is 1. The van der Waals surface area contributed by atoms with Crippen LogP contribution in [0.4, 0.5) is 0 Å². The molecule has 0 aliphatic rings. The van der Waals surface area contributed by atoms with E-state index in [0.29, 0.717) is 29.9 Å². The van der Waals surface area contributed by atoms with Crippen molar-refractivity contribution in [3.8, 4) is 0 Å². The second-order valence-corrected chi connectivity index (χ2v) is 7.83. The van der Waals surface area contributed by atoms with Crippen LogP contribution < -0.4 is 0 Å². The minimum atomic E-state index is -2.27. The molecule has 13 heteroatoms. The van der Waals surface area contributed by atoms with E-state index >= 15 is 0 Å². The normalized spacial score (nSPS) is 10.8. The van der Waals surface area contributed by atoms with E-state index in [1.165, 1.54) is 7.11 Å². The van der Waals surface area contributed by atoms with Crippen molar-refractivity contribution in [2.45, 2.75) is 52.7 Å². The maximum absolute atomic E-state index is 10.8. The Morgan fingerprint density at radius 1 is 0.737 bits per heavy atom. The highest BCUT2D eigenvalue weighted by Crippen LogP contribution is 1.95. The van der Waals surface area contributed by atoms with Crippen molar-refractivity contribution in [3.63, 3.8) is 0 Å². The van der Waals surface area contributed by atoms with Gasteiger partial charge in [-0.1, -0.05) is 33.1 Å². The number of aliphatic hydroxyl groups is 2. The van der Waals surface area contributed by atoms with E-state index in [4.69, 9.17) is 29.9 Å². The lowest BCUT2D eigenvalue weighted by Crippen LogP contribution is -2.39. The quantitative estimate of drug-likeness (QED) is 0.117. The van der Waals surface area contributed by atoms with Crippen molar-refractivity contribution in [1.29, 1.82) is 0 Å². The smallest absolute Gasteiger partial charge is 0.335 e. The summed E-state index contributed by atoms with van der Waals surface area (Å²) in [7, 11) is 5.18. The maximum atomic E-state index is 10.8. The molecule has 0 amide bonds. The Balaban J connectivity index is -0.000000205. The van der Waals surface area contributed by atoms with Crippen LogP contribution in [0.3, 0.4) is 0 Å². The number of methoxy groups -OCH3 is 1. The Morgan fingerprint density at radius 2 is 1.08 bits per heavy atom. The van der Waals surface area contributed by atoms with E-state index < -0.39 is 24.1 Å². The van der Waals surface area contributed by atoms with Gasteiger partial charge in [0.2, 0.25) is 0 Å². The van der Waals surface area contributed by atoms with Crippen LogP contribution in [0.5, 0.6) is 0 Å². The first-order valence-corrected chi connectivity index (χ1v) is 11.2. The number of carbonyl (C=O) groups is 5. The number of carboxylic acids is 2. The number of carboxylic acid groups (broad SMARTS) is 2. The van der Waals surface area contributed by atoms with Crippen LogP contribution in [0.1, 0.15) is 40.5 Å². The molecule has 0 aromatic heterocycles. The van der Waals surface area contributed by atoms with Gasteiger partial charge in [-0.25, -0.2) is 24.0 Å². The molecule has 0 spiro atoms. The molecule has 0 bridgehead atoms. The van der Waals surface area contributed by atoms with Crippen molar-refractivity contribution in [2.24, 2.45) is 0 Å². The van der Waals surface area contributed by atoms with Crippen molar-refractivity contribution in [1.82, 2.24) is 4.90 Å². The number of rotatable bonds is 12. The Hall–Kier alpha value is -3.55. The zero-order chi connectivity index (χ0) is 31.0. The van der Waals surface area contributed by atoms with E-state index in [0.717, 1.165) is 19.4 Å². The van der Waals surface area contributed by atoms with Gasteiger partial charge in [-0.05, 0) is 41.3 Å². The average Bonchev–Trinajstić information content (AvgIpc) is 2.83. The molecule has 0 fully saturated rings. The van der Waals surface area contributed by atoms with Gasteiger partial charge in [0.05, 0.1) is 13.7 Å². The van der Waals surface area contributed by atoms with Gasteiger partial charge in [-0.15, -0.1) is 0 Å². The fourth-order valence-electron chi connectivity index (χ4n) is 1.32. The van der Waals surface area contributed by atoms with E-state index in [1.54, 1.807) is 20.8 Å². The summed E-state index contributed by atoms with van der Waals surface area (Å²) < 4.78 is 13.9. The molecule has 220 valence electrons. The second-order valence-electron chi connectivity index (χ2n) is 7.83. The monoisotopic (exact) mass is 549 g/mol. The van der Waals surface area contributed by atoms with Crippen LogP contribution in [0, 0.1) is 0 Å². The largest absolute Gasteiger partial charge is 0.479 e. The highest BCUT2D eigenvalue weighted by atomic mass is 16.5. The van der Waals surface area contributed by atoms with Crippen LogP contribution in [0.15, 0.2) is 36.5 Å². The third kappa shape index (κ3) is 28.7. The lowest BCUT2D eigenvalue weighted by molar-refractivity contribution is -0.165. The van der Waals surface area contributed by atoms with Gasteiger partial charge in [-0.3, -0.25) is 0 Å². The summed E-state index contributed by atoms with van der Waals surface area (Å²) in [5.41, 5.74) is 1.35. The average molecular weight is 550 g/mol. The van der Waals surface area contributed by atoms with Gasteiger partial charge in [0.25, 0.3) is 0 Å². The van der Waals surface area contributed by atoms with Crippen molar-refractivity contribution < 1.29 is 58.6 Å². The topological polar surface area (TPSA) is 197 Å². The maximum Gasteiger partial charge on any atom is 0.335 e. The Labute approximate surface area is 224 Å². The summed E-state index contributed by atoms with van der Waals surface area (Å²) in [6.45, 7) is 18.9. The first-order chi connectivity index (χ1) is 17.4. The Morgan fingerprint density at radius 3 is 1.29 bits per heavy atom. The summed E-state index contributed by atoms with van der Waals surface area (Å²) in [4.78, 5) is 53.2. The molecule has 0 aliphatic heterocycles. The molecule has 0 heterocycles. The van der Waals surface area contributed by atoms with Crippen molar-refractivity contribution >= 4 is 29.8 Å². The van der Waals surface area contributed by atoms with Crippen LogP contribution >= 0.6 is 0 Å². The van der Waals surface area contributed by atoms with Gasteiger partial charge < -0.3 is 39.5 Å². The Kier molecular flexibility index (Phi) is 27.5. The Bertz CT molecular complexity index is 771. The summed E-state index contributed by atoms with van der Waals surface area (Å²) in [5, 5.41) is 32.5. The van der Waals surface area contributed by atoms with Crippen LogP contribution in [0.25, 0.3) is 0 Å². The first-order valence-electron chi connectivity index (χ1n) is 11.2. The standard InChI is InChI=1S/C8H15NO2.C8H14O2.C5H8O2.C4H6O6/c1-7(2)8(10)11-6-5-9(3)4;1-4-5-6-10-8(9)7(2)3;1-4(2)5(6)7-3;5-1(3(7)8)2(6)4(9)10/h1,5-6H2,2-4H3;2,4-6H2,1,3H3;1H2,2-3H3;1-2,5-6H,(H,7,8)(H,9,10). The number of aliphatic hydroxyl groups excluding tert-OH is 2. The van der Waals surface area contributed by atoms with Gasteiger partial charge in [0, 0.05) is 23.3 Å². The zero-order valence-corrected chi connectivity index (χ0v) is 23.3. The molecule has 4 N–H and O–H groups in total. The number of likely N-dealkylation sites (N-methyl/N-ethyl adjacent to an activating group) is 1. The van der Waals surface area contributed by atoms with E-state index in [-0.39, 0.29) is 17.9 Å². The number of unbranched alkanes of at least 4 members (excludes halogenated alkanes) is 1. The third-order valence-corrected chi connectivity index (χ3v) is 3.54. The SMILES string of the molecule is C=C(C)C(=O)OC.C=C(C)C(=O)OCCCC.C=C(C)C(=O)OCCN(C)C.O=C(O)C(O)C(O)C(=O)O. The van der Waals surface area contributed by atoms with Crippen LogP contribution in [-0.4, -0.2) is 108 Å². The molecule has 13 nitrogen and oxygen atoms in total. The first kappa shape index (κ1) is 41.6. The zero-order valence-electron chi connectivity index (χ0n) is 23.3. The van der Waals surface area contributed by atoms with Crippen LogP contribution in [-0.2, 0) is 38.2 Å². The molecular weight excluding hydrogens is 506 g/mol. The number of carbonyl (C=O) groups excluding carboxylic acids is 3. The van der Waals surface area contributed by atoms with Crippen molar-refractivity contribution in [3.05, 3.63) is 36.5 Å². The molecule has 0 radical (unpaired) electrons. The summed E-state index contributed by atoms with van der Waals surface area (Å²) >= 11 is 0. The summed E-state index contributed by atoms with van der Waals surface area (Å²) in [5.74, 6) is -4.48. The minimum absolute atomic E-state index is 0.284. The number of aliphatic carboxylic acids is 2. The molecule has 0 saturated carbocycles. The molecular formula is C25H43NO12. The molecule has 0 rings (SSSR count). The van der Waals surface area contributed by atoms with Gasteiger partial charge in [0.1, 0.15) is 6.61 Å². The van der Waals surface area contributed by atoms with Gasteiger partial charge >= 0.3 is 29.8 Å². The minimum Gasteiger partial charge on any atom is -0.479 e. The van der Waals surface area contributed by atoms with E-state index in [1.807, 2.05) is 19.0 Å². The molecule has 38 heavy (non-hydrogen) atoms. The van der Waals surface area contributed by atoms with E-state index in [2.05, 4.69) is 31.4 Å². The lowest BCUT2D eigenvalue weighted by Gasteiger charge is -2.09. The fraction of sp³-hybridized carbons (Fsp3) is 0.560. The van der Waals surface area contributed by atoms with Crippen LogP contribution in [0.2, 0.25) is 0 Å². The lowest BCUT2D eigenvalue weighted by atomic mass is 10.2. The summed E-state index contributed by atoms with van der Waals surface area (Å²) in [6.07, 6.45) is -2.56. The molecule has 0 saturated heterocycles. The number of hydrogen-bond acceptors (Lipinski definition) is 11. The number of ether oxygens (including phenoxy) is 3. The molecule has 2 atom stereocenters. The predicted octanol–water partition coefficient (Wildman–Crippen LogP) is 1.19. The molecule has 0 aromatic rings. The molecule has 2 unspecified atom stereocenters. The number of hydrogen-bond donors (Lipinski definition) is 4. The van der Waals surface area contributed by atoms with E-state index in [9.17, 15) is 24.0 Å².